The van der Waals surface area contributed by atoms with Gasteiger partial charge in [-0.1, -0.05) is 0 Å². The predicted molar refractivity (Wildman–Crippen MR) is 138 cm³/mol. The number of nitrogens with one attached hydrogen (secondary N) is 1. The molecular weight excluding hydrogens is 508 g/mol. The second-order valence-electron chi connectivity index (χ2n) is 11.0. The molecule has 0 radical (unpaired) electrons. The van der Waals surface area contributed by atoms with E-state index in [4.69, 9.17) is 5.73 Å². The highest BCUT2D eigenvalue weighted by atomic mass is 16.3. The molecule has 0 bridgehead atoms. The molecule has 39 heavy (non-hydrogen) atoms. The molecule has 1 aliphatic heterocycles. The van der Waals surface area contributed by atoms with E-state index < -0.39 is 63.8 Å². The maximum atomic E-state index is 13.6. The van der Waals surface area contributed by atoms with Gasteiger partial charge in [0.2, 0.25) is 11.7 Å². The standard InChI is InChI=1S/C27H32N4O8/c1-30(2)21-15-9-13-7-12-8-14(29-17(33)11-31-5-3-4-6-31)10-16(32)18(12)22(34)19(13)24(36)27(15,39)25(37)20(23(21)35)26(28)38/h8,10,13,15,21,32,35-36,39H,3-7,9,11H2,1-2H3,(H2,28,38)(H,29,33)/t13-,15-,21-,27-/m0/s1. The number of primary amides is 1. The molecule has 0 unspecified atom stereocenters. The fourth-order valence-electron chi connectivity index (χ4n) is 6.69. The number of likely N-dealkylation sites (N-methyl/N-ethyl adjacent to an activating group) is 1. The van der Waals surface area contributed by atoms with Crippen molar-refractivity contribution in [3.63, 3.8) is 0 Å². The smallest absolute Gasteiger partial charge is 0.255 e. The van der Waals surface area contributed by atoms with Crippen LogP contribution in [0.15, 0.2) is 34.8 Å². The van der Waals surface area contributed by atoms with Gasteiger partial charge in [0.25, 0.3) is 5.91 Å². The second-order valence-corrected chi connectivity index (χ2v) is 11.0. The maximum Gasteiger partial charge on any atom is 0.255 e. The molecule has 0 saturated carbocycles. The Morgan fingerprint density at radius 3 is 2.44 bits per heavy atom. The summed E-state index contributed by atoms with van der Waals surface area (Å²) in [5.41, 5.74) is 2.24. The monoisotopic (exact) mass is 540 g/mol. The van der Waals surface area contributed by atoms with Gasteiger partial charge in [-0.15, -0.1) is 0 Å². The number of aliphatic hydroxyl groups excluding tert-OH is 2. The molecule has 1 heterocycles. The first-order valence-corrected chi connectivity index (χ1v) is 12.9. The molecule has 1 saturated heterocycles. The van der Waals surface area contributed by atoms with E-state index in [-0.39, 0.29) is 36.4 Å². The van der Waals surface area contributed by atoms with Crippen LogP contribution in [0.4, 0.5) is 5.69 Å². The number of aromatic hydroxyl groups is 1. The van der Waals surface area contributed by atoms with E-state index in [1.54, 1.807) is 20.2 Å². The Morgan fingerprint density at radius 1 is 1.15 bits per heavy atom. The molecule has 208 valence electrons. The largest absolute Gasteiger partial charge is 0.510 e. The van der Waals surface area contributed by atoms with Crippen molar-refractivity contribution in [2.24, 2.45) is 17.6 Å². The molecule has 1 aromatic carbocycles. The van der Waals surface area contributed by atoms with E-state index in [0.717, 1.165) is 25.9 Å². The highest BCUT2D eigenvalue weighted by Gasteiger charge is 2.63. The molecule has 3 aliphatic carbocycles. The normalized spacial score (nSPS) is 28.9. The van der Waals surface area contributed by atoms with Gasteiger partial charge in [0.05, 0.1) is 18.2 Å². The van der Waals surface area contributed by atoms with Gasteiger partial charge in [0, 0.05) is 23.2 Å². The van der Waals surface area contributed by atoms with Crippen molar-refractivity contribution < 1.29 is 39.6 Å². The summed E-state index contributed by atoms with van der Waals surface area (Å²) in [7, 11) is 3.14. The van der Waals surface area contributed by atoms with E-state index >= 15 is 0 Å². The van der Waals surface area contributed by atoms with Crippen LogP contribution in [0.2, 0.25) is 0 Å². The van der Waals surface area contributed by atoms with Crippen LogP contribution in [0.25, 0.3) is 0 Å². The summed E-state index contributed by atoms with van der Waals surface area (Å²) < 4.78 is 0. The summed E-state index contributed by atoms with van der Waals surface area (Å²) >= 11 is 0. The minimum Gasteiger partial charge on any atom is -0.510 e. The minimum atomic E-state index is -2.68. The van der Waals surface area contributed by atoms with Crippen LogP contribution in [0.5, 0.6) is 5.75 Å². The minimum absolute atomic E-state index is 0.00191. The van der Waals surface area contributed by atoms with Crippen molar-refractivity contribution in [2.45, 2.75) is 37.3 Å². The van der Waals surface area contributed by atoms with Crippen LogP contribution in [0, 0.1) is 11.8 Å². The van der Waals surface area contributed by atoms with E-state index in [2.05, 4.69) is 5.32 Å². The Bertz CT molecular complexity index is 1360. The Labute approximate surface area is 224 Å². The molecule has 0 spiro atoms. The lowest BCUT2D eigenvalue weighted by Gasteiger charge is -2.50. The number of amides is 2. The third-order valence-electron chi connectivity index (χ3n) is 8.38. The number of aliphatic hydroxyl groups is 3. The molecule has 1 fully saturated rings. The lowest BCUT2D eigenvalue weighted by atomic mass is 9.58. The van der Waals surface area contributed by atoms with Crippen LogP contribution in [-0.4, -0.2) is 99.0 Å². The Kier molecular flexibility index (Phi) is 6.52. The number of ketones is 2. The van der Waals surface area contributed by atoms with Crippen LogP contribution < -0.4 is 11.1 Å². The first-order valence-electron chi connectivity index (χ1n) is 12.9. The zero-order valence-corrected chi connectivity index (χ0v) is 21.7. The fraction of sp³-hybridized carbons (Fsp3) is 0.481. The number of nitrogens with zero attached hydrogens (tertiary/aromatic N) is 2. The number of likely N-dealkylation sites (tertiary alicyclic amines) is 1. The quantitative estimate of drug-likeness (QED) is 0.280. The molecule has 4 aliphatic rings. The van der Waals surface area contributed by atoms with Crippen molar-refractivity contribution >= 4 is 29.1 Å². The third-order valence-corrected chi connectivity index (χ3v) is 8.38. The number of Topliss-reactive ketones (excluding diaryl/α,β-unsaturated/α-hetero) is 2. The Morgan fingerprint density at radius 2 is 1.82 bits per heavy atom. The van der Waals surface area contributed by atoms with Crippen LogP contribution in [0.3, 0.4) is 0 Å². The van der Waals surface area contributed by atoms with Gasteiger partial charge >= 0.3 is 0 Å². The van der Waals surface area contributed by atoms with E-state index in [1.165, 1.54) is 11.0 Å². The SMILES string of the molecule is CN(C)[C@@H]1C(O)=C(C(N)=O)C(=O)[C@@]2(O)C(O)=C3C(=O)c4c(O)cc(NC(=O)CN5CCCC5)cc4C[C@H]3C[C@@H]12. The number of carbonyl (C=O) groups is 4. The lowest BCUT2D eigenvalue weighted by molar-refractivity contribution is -0.148. The first-order chi connectivity index (χ1) is 18.4. The number of carbonyl (C=O) groups excluding carboxylic acids is 4. The summed E-state index contributed by atoms with van der Waals surface area (Å²) in [6, 6.07) is 1.79. The second kappa shape index (κ2) is 9.47. The van der Waals surface area contributed by atoms with Crippen molar-refractivity contribution in [1.82, 2.24) is 9.80 Å². The topological polar surface area (TPSA) is 194 Å². The number of phenols is 1. The van der Waals surface area contributed by atoms with Gasteiger partial charge in [-0.2, -0.15) is 0 Å². The van der Waals surface area contributed by atoms with Gasteiger partial charge in [-0.25, -0.2) is 0 Å². The number of nitrogens with two attached hydrogens (primary N) is 1. The molecule has 7 N–H and O–H groups in total. The Hall–Kier alpha value is -3.74. The molecular formula is C27H32N4O8. The number of anilines is 1. The van der Waals surface area contributed by atoms with E-state index in [1.807, 2.05) is 4.90 Å². The summed E-state index contributed by atoms with van der Waals surface area (Å²) in [6.07, 6.45) is 2.22. The zero-order valence-electron chi connectivity index (χ0n) is 21.7. The van der Waals surface area contributed by atoms with Crippen molar-refractivity contribution in [2.75, 3.05) is 39.0 Å². The highest BCUT2D eigenvalue weighted by Crippen LogP contribution is 2.52. The zero-order chi connectivity index (χ0) is 28.4. The van der Waals surface area contributed by atoms with Gasteiger partial charge in [0.15, 0.2) is 11.4 Å². The molecule has 1 aromatic rings. The number of rotatable bonds is 5. The third kappa shape index (κ3) is 4.10. The lowest BCUT2D eigenvalue weighted by Crippen LogP contribution is -2.63. The number of hydrogen-bond donors (Lipinski definition) is 6. The average molecular weight is 541 g/mol. The highest BCUT2D eigenvalue weighted by molar-refractivity contribution is 6.24. The average Bonchev–Trinajstić information content (AvgIpc) is 3.33. The van der Waals surface area contributed by atoms with Crippen molar-refractivity contribution in [1.29, 1.82) is 0 Å². The fourth-order valence-corrected chi connectivity index (χ4v) is 6.69. The summed E-state index contributed by atoms with van der Waals surface area (Å²) in [5, 5.41) is 47.2. The molecule has 12 nitrogen and oxygen atoms in total. The molecule has 4 atom stereocenters. The molecule has 2 amide bonds. The van der Waals surface area contributed by atoms with Crippen molar-refractivity contribution in [3.8, 4) is 5.75 Å². The van der Waals surface area contributed by atoms with Crippen LogP contribution in [0.1, 0.15) is 35.2 Å². The van der Waals surface area contributed by atoms with Gasteiger partial charge < -0.3 is 31.5 Å². The van der Waals surface area contributed by atoms with Gasteiger partial charge in [-0.3, -0.25) is 29.0 Å². The Balaban J connectivity index is 1.53. The van der Waals surface area contributed by atoms with Crippen LogP contribution in [-0.2, 0) is 20.8 Å². The van der Waals surface area contributed by atoms with Crippen molar-refractivity contribution in [3.05, 3.63) is 45.9 Å². The number of hydrogen-bond acceptors (Lipinski definition) is 10. The summed E-state index contributed by atoms with van der Waals surface area (Å²) in [4.78, 5) is 55.0. The van der Waals surface area contributed by atoms with Crippen LogP contribution >= 0.6 is 0 Å². The maximum absolute atomic E-state index is 13.6. The first kappa shape index (κ1) is 26.9. The molecule has 0 aromatic heterocycles. The molecule has 12 heteroatoms. The molecule has 5 rings (SSSR count). The van der Waals surface area contributed by atoms with E-state index in [9.17, 15) is 39.6 Å². The van der Waals surface area contributed by atoms with Gasteiger partial charge in [-0.05, 0) is 70.4 Å². The van der Waals surface area contributed by atoms with Gasteiger partial charge in [0.1, 0.15) is 22.8 Å². The van der Waals surface area contributed by atoms with E-state index in [0.29, 0.717) is 11.3 Å². The summed E-state index contributed by atoms with van der Waals surface area (Å²) in [6.45, 7) is 1.89. The number of phenolic OH excluding ortho intramolecular Hbond substituents is 1. The summed E-state index contributed by atoms with van der Waals surface area (Å²) in [5.74, 6) is -7.29. The predicted octanol–water partition coefficient (Wildman–Crippen LogP) is 0.155. The number of fused-ring (bicyclic) bond motifs is 3. The number of allylic oxidation sites excluding steroid dienone is 1. The number of benzene rings is 1.